The Bertz CT molecular complexity index is 601. The number of ether oxygens (including phenoxy) is 2. The molecular formula is C12H18F2N4O4S. The molecule has 23 heavy (non-hydrogen) atoms. The van der Waals surface area contributed by atoms with E-state index in [0.29, 0.717) is 4.57 Å². The van der Waals surface area contributed by atoms with E-state index in [1.54, 1.807) is 13.8 Å². The first-order chi connectivity index (χ1) is 10.8. The lowest BCUT2D eigenvalue weighted by Gasteiger charge is -2.24. The van der Waals surface area contributed by atoms with Gasteiger partial charge in [0.25, 0.3) is 0 Å². The van der Waals surface area contributed by atoms with Crippen LogP contribution >= 0.6 is 12.0 Å². The van der Waals surface area contributed by atoms with Crippen LogP contribution in [0, 0.1) is 0 Å². The van der Waals surface area contributed by atoms with E-state index >= 15 is 0 Å². The fraction of sp³-hybridized carbons (Fsp3) is 0.750. The molecule has 130 valence electrons. The predicted molar refractivity (Wildman–Crippen MR) is 79.0 cm³/mol. The summed E-state index contributed by atoms with van der Waals surface area (Å²) >= 11 is 0.910. The van der Waals surface area contributed by atoms with Crippen molar-refractivity contribution in [1.82, 2.24) is 14.5 Å². The van der Waals surface area contributed by atoms with Crippen molar-refractivity contribution in [2.75, 3.05) is 19.5 Å². The van der Waals surface area contributed by atoms with Gasteiger partial charge in [-0.15, -0.1) is 0 Å². The lowest BCUT2D eigenvalue weighted by Crippen LogP contribution is -2.43. The summed E-state index contributed by atoms with van der Waals surface area (Å²) in [6, 6.07) is 0. The first kappa shape index (κ1) is 18.0. The second kappa shape index (κ2) is 7.07. The number of nitrogen functional groups attached to an aromatic ring is 1. The van der Waals surface area contributed by atoms with Crippen LogP contribution in [0.1, 0.15) is 20.1 Å². The molecule has 0 radical (unpaired) electrons. The minimum atomic E-state index is -3.48. The topological polar surface area (TPSA) is 101 Å². The quantitative estimate of drug-likeness (QED) is 0.752. The summed E-state index contributed by atoms with van der Waals surface area (Å²) in [7, 11) is 1.36. The summed E-state index contributed by atoms with van der Waals surface area (Å²) in [5.41, 5.74) is 4.29. The van der Waals surface area contributed by atoms with Gasteiger partial charge in [-0.2, -0.15) is 13.8 Å². The molecule has 0 unspecified atom stereocenters. The molecule has 11 heteroatoms. The van der Waals surface area contributed by atoms with E-state index in [1.165, 1.54) is 7.11 Å². The summed E-state index contributed by atoms with van der Waals surface area (Å²) in [6.45, 7) is 3.50. The van der Waals surface area contributed by atoms with Crippen LogP contribution in [-0.2, 0) is 13.7 Å². The second-order valence-corrected chi connectivity index (χ2v) is 6.55. The largest absolute Gasteiger partial charge is 0.382 e. The van der Waals surface area contributed by atoms with Gasteiger partial charge in [0, 0.05) is 12.4 Å². The summed E-state index contributed by atoms with van der Waals surface area (Å²) in [4.78, 5) is 18.7. The number of rotatable bonds is 6. The maximum atomic E-state index is 14.7. The van der Waals surface area contributed by atoms with Gasteiger partial charge in [-0.1, -0.05) is 13.8 Å². The summed E-state index contributed by atoms with van der Waals surface area (Å²) in [5, 5.41) is -0.0179. The molecule has 3 atom stereocenters. The number of methoxy groups -OCH3 is 1. The van der Waals surface area contributed by atoms with Crippen molar-refractivity contribution in [2.45, 2.75) is 43.5 Å². The molecule has 0 amide bonds. The first-order valence-corrected chi connectivity index (χ1v) is 7.62. The normalized spacial score (nSPS) is 26.8. The van der Waals surface area contributed by atoms with Crippen LogP contribution in [-0.4, -0.2) is 51.6 Å². The second-order valence-electron chi connectivity index (χ2n) is 5.22. The van der Waals surface area contributed by atoms with E-state index in [1.807, 2.05) is 0 Å². The average molecular weight is 352 g/mol. The molecule has 0 bridgehead atoms. The van der Waals surface area contributed by atoms with Crippen LogP contribution in [0.3, 0.4) is 0 Å². The highest BCUT2D eigenvalue weighted by molar-refractivity contribution is 7.95. The Labute approximate surface area is 135 Å². The molecule has 0 aliphatic carbocycles. The molecule has 0 aromatic carbocycles. The first-order valence-electron chi connectivity index (χ1n) is 6.82. The van der Waals surface area contributed by atoms with Crippen LogP contribution in [0.25, 0.3) is 0 Å². The molecule has 1 fully saturated rings. The van der Waals surface area contributed by atoms with E-state index < -0.39 is 30.0 Å². The molecule has 1 aromatic rings. The molecule has 0 saturated carbocycles. The molecule has 0 spiro atoms. The maximum Gasteiger partial charge on any atom is 0.354 e. The Morgan fingerprint density at radius 2 is 2.26 bits per heavy atom. The van der Waals surface area contributed by atoms with E-state index in [-0.39, 0.29) is 17.8 Å². The van der Waals surface area contributed by atoms with Crippen molar-refractivity contribution in [1.29, 1.82) is 0 Å². The van der Waals surface area contributed by atoms with Gasteiger partial charge in [-0.05, 0) is 12.0 Å². The highest BCUT2D eigenvalue weighted by Gasteiger charge is 2.61. The zero-order chi connectivity index (χ0) is 17.2. The Balaban J connectivity index is 2.32. The van der Waals surface area contributed by atoms with Crippen molar-refractivity contribution in [2.24, 2.45) is 0 Å². The smallest absolute Gasteiger partial charge is 0.354 e. The van der Waals surface area contributed by atoms with Crippen LogP contribution < -0.4 is 11.4 Å². The van der Waals surface area contributed by atoms with Gasteiger partial charge >= 0.3 is 11.6 Å². The third kappa shape index (κ3) is 3.79. The summed E-state index contributed by atoms with van der Waals surface area (Å²) in [6.07, 6.45) is -3.64. The highest BCUT2D eigenvalue weighted by Crippen LogP contribution is 2.45. The van der Waals surface area contributed by atoms with E-state index in [9.17, 15) is 13.6 Å². The summed E-state index contributed by atoms with van der Waals surface area (Å²) < 4.78 is 45.4. The van der Waals surface area contributed by atoms with Gasteiger partial charge in [0.1, 0.15) is 12.4 Å². The molecular weight excluding hydrogens is 334 g/mol. The van der Waals surface area contributed by atoms with Crippen LogP contribution in [0.2, 0.25) is 0 Å². The number of hydrogen-bond donors (Lipinski definition) is 1. The van der Waals surface area contributed by atoms with Gasteiger partial charge < -0.3 is 19.4 Å². The fourth-order valence-corrected chi connectivity index (χ4v) is 2.67. The van der Waals surface area contributed by atoms with E-state index in [2.05, 4.69) is 9.97 Å². The molecule has 2 rings (SSSR count). The maximum absolute atomic E-state index is 14.7. The molecule has 2 heterocycles. The average Bonchev–Trinajstić information content (AvgIpc) is 2.68. The van der Waals surface area contributed by atoms with Gasteiger partial charge in [0.15, 0.2) is 6.10 Å². The zero-order valence-corrected chi connectivity index (χ0v) is 13.6. The van der Waals surface area contributed by atoms with E-state index in [0.717, 1.165) is 18.4 Å². The summed E-state index contributed by atoms with van der Waals surface area (Å²) in [5.74, 6) is -3.78. The van der Waals surface area contributed by atoms with Crippen LogP contribution in [0.15, 0.2) is 11.1 Å². The van der Waals surface area contributed by atoms with Crippen molar-refractivity contribution < 1.29 is 22.4 Å². The van der Waals surface area contributed by atoms with Crippen LogP contribution in [0.4, 0.5) is 14.7 Å². The monoisotopic (exact) mass is 352 g/mol. The van der Waals surface area contributed by atoms with Gasteiger partial charge in [-0.25, -0.2) is 14.3 Å². The number of nitrogens with zero attached hydrogens (tertiary/aromatic N) is 3. The number of halogens is 2. The molecule has 1 aromatic heterocycles. The SMILES string of the molecule is COC[C@H]1O[C@@H](n2cnc(N)nc2=O)C(F)(F)[C@@H]1OSC(C)C. The third-order valence-corrected chi connectivity index (χ3v) is 3.73. The number of alkyl halides is 2. The molecule has 8 nitrogen and oxygen atoms in total. The minimum Gasteiger partial charge on any atom is -0.382 e. The van der Waals surface area contributed by atoms with Crippen molar-refractivity contribution in [3.05, 3.63) is 16.8 Å². The number of nitrogens with two attached hydrogens (primary N) is 1. The Kier molecular flexibility index (Phi) is 5.55. The standard InChI is InChI=1S/C12H18F2N4O4S/c1-6(2)23-22-8-7(4-20-3)21-9(12(8,13)14)18-5-16-10(15)17-11(18)19/h5-9H,4H2,1-3H3,(H2,15,17,19)/t7-,8-,9-/m1/s1. The van der Waals surface area contributed by atoms with Crippen LogP contribution in [0.5, 0.6) is 0 Å². The van der Waals surface area contributed by atoms with Gasteiger partial charge in [-0.3, -0.25) is 0 Å². The fourth-order valence-electron chi connectivity index (χ4n) is 2.07. The molecule has 2 N–H and O–H groups in total. The van der Waals surface area contributed by atoms with Crippen molar-refractivity contribution in [3.8, 4) is 0 Å². The number of aromatic nitrogens is 3. The van der Waals surface area contributed by atoms with E-state index in [4.69, 9.17) is 19.4 Å². The Hall–Kier alpha value is -1.30. The molecule has 1 aliphatic rings. The van der Waals surface area contributed by atoms with Gasteiger partial charge in [0.2, 0.25) is 12.2 Å². The lowest BCUT2D eigenvalue weighted by molar-refractivity contribution is -0.135. The lowest BCUT2D eigenvalue weighted by atomic mass is 10.1. The number of anilines is 1. The molecule has 1 aliphatic heterocycles. The number of hydrogen-bond acceptors (Lipinski definition) is 8. The molecule has 1 saturated heterocycles. The minimum absolute atomic E-state index is 0.0179. The highest BCUT2D eigenvalue weighted by atomic mass is 32.2. The third-order valence-electron chi connectivity index (χ3n) is 3.03. The van der Waals surface area contributed by atoms with Crippen molar-refractivity contribution in [3.63, 3.8) is 0 Å². The Morgan fingerprint density at radius 3 is 2.83 bits per heavy atom. The van der Waals surface area contributed by atoms with Gasteiger partial charge in [0.05, 0.1) is 6.61 Å². The zero-order valence-electron chi connectivity index (χ0n) is 12.8. The predicted octanol–water partition coefficient (Wildman–Crippen LogP) is 0.841. The van der Waals surface area contributed by atoms with Crippen molar-refractivity contribution >= 4 is 18.0 Å². The Morgan fingerprint density at radius 1 is 1.57 bits per heavy atom.